The number of carbonyl (C=O) groups excluding carboxylic acids is 3. The average molecular weight is 756 g/mol. The first-order valence-corrected chi connectivity index (χ1v) is 19.5. The summed E-state index contributed by atoms with van der Waals surface area (Å²) >= 11 is 0. The molecule has 0 unspecified atom stereocenters. The van der Waals surface area contributed by atoms with Gasteiger partial charge < -0.3 is 30.2 Å². The third-order valence-electron chi connectivity index (χ3n) is 9.21. The first kappa shape index (κ1) is 41.1. The van der Waals surface area contributed by atoms with Crippen LogP contribution in [0.2, 0.25) is 0 Å². The average Bonchev–Trinajstić information content (AvgIpc) is 3.52. The van der Waals surface area contributed by atoms with E-state index in [1.165, 1.54) is 15.1 Å². The number of carbonyl (C=O) groups is 3. The number of fused-ring (bicyclic) bond motifs is 1. The van der Waals surface area contributed by atoms with Crippen molar-refractivity contribution in [2.24, 2.45) is 5.92 Å². The molecular weight excluding hydrogens is 703 g/mol. The van der Waals surface area contributed by atoms with Gasteiger partial charge in [-0.05, 0) is 81.0 Å². The van der Waals surface area contributed by atoms with Gasteiger partial charge in [0.15, 0.2) is 17.3 Å². The predicted molar refractivity (Wildman–Crippen MR) is 198 cm³/mol. The molecule has 15 nitrogen and oxygen atoms in total. The van der Waals surface area contributed by atoms with Crippen molar-refractivity contribution in [3.63, 3.8) is 0 Å². The van der Waals surface area contributed by atoms with E-state index < -0.39 is 28.0 Å². The molecule has 3 aromatic rings. The molecule has 1 aromatic heterocycles. The highest BCUT2D eigenvalue weighted by Gasteiger charge is 2.30. The number of nitrogens with one attached hydrogen (secondary N) is 3. The molecule has 290 valence electrons. The van der Waals surface area contributed by atoms with E-state index in [0.29, 0.717) is 60.3 Å². The molecule has 2 aromatic carbocycles. The summed E-state index contributed by atoms with van der Waals surface area (Å²) in [6.45, 7) is 9.83. The minimum Gasteiger partial charge on any atom is -0.494 e. The quantitative estimate of drug-likeness (QED) is 0.278. The number of hydrogen-bond donors (Lipinski definition) is 3. The normalized spacial score (nSPS) is 19.1. The molecule has 0 radical (unpaired) electrons. The Morgan fingerprint density at radius 2 is 1.66 bits per heavy atom. The highest BCUT2D eigenvalue weighted by atomic mass is 32.2. The molecule has 2 heterocycles. The molecule has 0 saturated carbocycles. The molecule has 0 aliphatic carbocycles. The van der Waals surface area contributed by atoms with Gasteiger partial charge >= 0.3 is 0 Å². The van der Waals surface area contributed by atoms with Crippen molar-refractivity contribution in [3.05, 3.63) is 59.2 Å². The second kappa shape index (κ2) is 18.9. The van der Waals surface area contributed by atoms with Crippen LogP contribution in [0.1, 0.15) is 82.2 Å². The highest BCUT2D eigenvalue weighted by Crippen LogP contribution is 2.29. The van der Waals surface area contributed by atoms with Crippen molar-refractivity contribution in [1.29, 1.82) is 0 Å². The molecule has 3 amide bonds. The number of nitrogens with zero attached hydrogens (tertiary/aromatic N) is 4. The third kappa shape index (κ3) is 10.7. The van der Waals surface area contributed by atoms with Crippen LogP contribution in [0.25, 0.3) is 0 Å². The molecule has 53 heavy (non-hydrogen) atoms. The summed E-state index contributed by atoms with van der Waals surface area (Å²) in [4.78, 5) is 45.1. The largest absolute Gasteiger partial charge is 0.494 e. The zero-order chi connectivity index (χ0) is 38.7. The van der Waals surface area contributed by atoms with Gasteiger partial charge in [-0.25, -0.2) is 18.1 Å². The fourth-order valence-electron chi connectivity index (χ4n) is 6.10. The van der Waals surface area contributed by atoms with Crippen molar-refractivity contribution >= 4 is 27.7 Å². The van der Waals surface area contributed by atoms with Crippen molar-refractivity contribution < 1.29 is 37.0 Å². The summed E-state index contributed by atoms with van der Waals surface area (Å²) in [6, 6.07) is 8.69. The number of rotatable bonds is 10. The van der Waals surface area contributed by atoms with Crippen LogP contribution in [0.15, 0.2) is 41.3 Å². The Morgan fingerprint density at radius 3 is 2.34 bits per heavy atom. The Bertz CT molecular complexity index is 1850. The molecule has 0 spiro atoms. The molecule has 0 saturated heterocycles. The Balaban J connectivity index is 1.62. The summed E-state index contributed by atoms with van der Waals surface area (Å²) in [5.74, 6) is 1.18. The predicted octanol–water partition coefficient (Wildman–Crippen LogP) is 3.29. The molecule has 1 aliphatic rings. The molecule has 16 heteroatoms. The topological polar surface area (TPSA) is 183 Å². The zero-order valence-corrected chi connectivity index (χ0v) is 32.5. The number of hydrogen-bond acceptors (Lipinski definition) is 10. The summed E-state index contributed by atoms with van der Waals surface area (Å²) in [7, 11) is -0.852. The second-order valence-corrected chi connectivity index (χ2v) is 15.1. The number of sulfonamides is 1. The van der Waals surface area contributed by atoms with Gasteiger partial charge in [0.05, 0.1) is 31.8 Å². The highest BCUT2D eigenvalue weighted by molar-refractivity contribution is 7.89. The van der Waals surface area contributed by atoms with E-state index in [1.54, 1.807) is 46.3 Å². The molecule has 0 fully saturated rings. The summed E-state index contributed by atoms with van der Waals surface area (Å²) in [5, 5.41) is 13.4. The maximum atomic E-state index is 13.9. The van der Waals surface area contributed by atoms with E-state index in [0.717, 1.165) is 5.56 Å². The number of amides is 3. The van der Waals surface area contributed by atoms with Crippen LogP contribution in [0, 0.1) is 12.8 Å². The van der Waals surface area contributed by atoms with Crippen molar-refractivity contribution in [1.82, 2.24) is 35.0 Å². The maximum absolute atomic E-state index is 13.9. The number of ether oxygens (including phenoxy) is 3. The fraction of sp³-hybridized carbons (Fsp3) is 0.541. The molecule has 3 atom stereocenters. The van der Waals surface area contributed by atoms with Crippen molar-refractivity contribution in [2.75, 3.05) is 40.5 Å². The van der Waals surface area contributed by atoms with Crippen LogP contribution in [-0.4, -0.2) is 91.7 Å². The number of methoxy groups -OCH3 is 2. The van der Waals surface area contributed by atoms with E-state index in [-0.39, 0.29) is 61.6 Å². The van der Waals surface area contributed by atoms with Gasteiger partial charge in [-0.15, -0.1) is 0 Å². The van der Waals surface area contributed by atoms with Crippen LogP contribution in [-0.2, 0) is 37.4 Å². The van der Waals surface area contributed by atoms with Crippen LogP contribution in [0.5, 0.6) is 17.2 Å². The van der Waals surface area contributed by atoms with Crippen LogP contribution in [0.3, 0.4) is 0 Å². The van der Waals surface area contributed by atoms with Gasteiger partial charge in [0, 0.05) is 32.5 Å². The van der Waals surface area contributed by atoms with Crippen LogP contribution < -0.4 is 30.2 Å². The Hall–Kier alpha value is -4.70. The summed E-state index contributed by atoms with van der Waals surface area (Å²) in [6.07, 6.45) is 1.49. The van der Waals surface area contributed by atoms with E-state index >= 15 is 0 Å². The molecule has 1 aliphatic heterocycles. The van der Waals surface area contributed by atoms with Gasteiger partial charge in [-0.3, -0.25) is 14.4 Å². The van der Waals surface area contributed by atoms with E-state index in [9.17, 15) is 22.8 Å². The summed E-state index contributed by atoms with van der Waals surface area (Å²) in [5.41, 5.74) is 1.53. The van der Waals surface area contributed by atoms with Gasteiger partial charge in [0.2, 0.25) is 27.7 Å². The van der Waals surface area contributed by atoms with Crippen LogP contribution >= 0.6 is 0 Å². The van der Waals surface area contributed by atoms with E-state index in [2.05, 4.69) is 21.0 Å². The Labute approximate surface area is 312 Å². The minimum atomic E-state index is -3.96. The smallest absolute Gasteiger partial charge is 0.243 e. The number of aromatic nitrogens is 3. The minimum absolute atomic E-state index is 0.00859. The van der Waals surface area contributed by atoms with Crippen molar-refractivity contribution in [3.8, 4) is 17.2 Å². The van der Waals surface area contributed by atoms with Gasteiger partial charge in [-0.2, -0.15) is 9.40 Å². The Morgan fingerprint density at radius 1 is 0.943 bits per heavy atom. The van der Waals surface area contributed by atoms with E-state index in [1.807, 2.05) is 32.9 Å². The molecule has 0 bridgehead atoms. The third-order valence-corrected chi connectivity index (χ3v) is 11.1. The zero-order valence-electron chi connectivity index (χ0n) is 31.7. The monoisotopic (exact) mass is 755 g/mol. The van der Waals surface area contributed by atoms with Gasteiger partial charge in [0.1, 0.15) is 24.2 Å². The lowest BCUT2D eigenvalue weighted by Gasteiger charge is -2.26. The van der Waals surface area contributed by atoms with Crippen LogP contribution in [0.4, 0.5) is 0 Å². The lowest BCUT2D eigenvalue weighted by atomic mass is 9.97. The van der Waals surface area contributed by atoms with Crippen molar-refractivity contribution in [2.45, 2.75) is 90.2 Å². The maximum Gasteiger partial charge on any atom is 0.243 e. The first-order chi connectivity index (χ1) is 25.3. The number of benzene rings is 2. The van der Waals surface area contributed by atoms with E-state index in [4.69, 9.17) is 19.2 Å². The summed E-state index contributed by atoms with van der Waals surface area (Å²) < 4.78 is 47.0. The first-order valence-electron chi connectivity index (χ1n) is 18.1. The fourth-order valence-corrected chi connectivity index (χ4v) is 7.70. The van der Waals surface area contributed by atoms with Gasteiger partial charge in [-0.1, -0.05) is 26.3 Å². The SMILES string of the molecule is CCOc1ccc(S(=O)(=O)N2CCCNC(=O)Cn3nc(Cc4ccc(OC)c(OC)c4)nc3[C@@H](C)NC(=O)[C@H]([C@@H](C)CC)NC(=O)CCC2)cc1C. The standard InChI is InChI=1S/C37H53N7O8S/c1-8-24(3)35-37(47)39-26(5)36-40-32(22-27-13-15-30(50-6)31(21-27)51-7)42-44(36)23-34(46)38-17-11-19-43(18-10-12-33(45)41-35)53(48,49)28-14-16-29(52-9-2)25(4)20-28/h13-16,20-21,24,26,35H,8-12,17-19,22-23H2,1-7H3,(H,38,46)(H,39,47)(H,41,45)/t24-,26+,35-/m0/s1. The lowest BCUT2D eigenvalue weighted by molar-refractivity contribution is -0.130. The molecular formula is C37H53N7O8S. The number of aryl methyl sites for hydroxylation is 1. The molecule has 4 rings (SSSR count). The van der Waals surface area contributed by atoms with Gasteiger partial charge in [0.25, 0.3) is 0 Å². The molecule has 3 N–H and O–H groups in total. The Kier molecular flexibility index (Phi) is 14.6. The lowest BCUT2D eigenvalue weighted by Crippen LogP contribution is -2.51. The second-order valence-electron chi connectivity index (χ2n) is 13.1.